The summed E-state index contributed by atoms with van der Waals surface area (Å²) >= 11 is 0. The van der Waals surface area contributed by atoms with Gasteiger partial charge in [0.15, 0.2) is 17.5 Å². The van der Waals surface area contributed by atoms with Crippen LogP contribution in [0.3, 0.4) is 0 Å². The van der Waals surface area contributed by atoms with Crippen LogP contribution in [0.2, 0.25) is 0 Å². The van der Waals surface area contributed by atoms with Gasteiger partial charge < -0.3 is 0 Å². The lowest BCUT2D eigenvalue weighted by molar-refractivity contribution is 0.208. The van der Waals surface area contributed by atoms with Gasteiger partial charge in [-0.25, -0.2) is 13.2 Å². The number of hydrogen-bond donors (Lipinski definition) is 0. The highest BCUT2D eigenvalue weighted by molar-refractivity contribution is 5.19. The van der Waals surface area contributed by atoms with Crippen molar-refractivity contribution in [1.82, 2.24) is 0 Å². The van der Waals surface area contributed by atoms with Gasteiger partial charge in [-0.3, -0.25) is 0 Å². The quantitative estimate of drug-likeness (QED) is 0.239. The third-order valence-electron chi connectivity index (χ3n) is 8.27. The minimum absolute atomic E-state index is 0.583. The molecule has 1 aromatic carbocycles. The fourth-order valence-electron chi connectivity index (χ4n) is 6.07. The highest BCUT2D eigenvalue weighted by atomic mass is 19.2. The monoisotopic (exact) mass is 436 g/mol. The van der Waals surface area contributed by atoms with Gasteiger partial charge in [0.2, 0.25) is 0 Å². The summed E-state index contributed by atoms with van der Waals surface area (Å²) in [5.41, 5.74) is 0.583. The van der Waals surface area contributed by atoms with E-state index in [9.17, 15) is 13.2 Å². The molecule has 0 atom stereocenters. The first-order valence-electron chi connectivity index (χ1n) is 13.2. The van der Waals surface area contributed by atoms with Crippen molar-refractivity contribution in [3.8, 4) is 0 Å². The van der Waals surface area contributed by atoms with Crippen LogP contribution in [-0.4, -0.2) is 0 Å². The molecule has 0 N–H and O–H groups in total. The van der Waals surface area contributed by atoms with Crippen molar-refractivity contribution in [1.29, 1.82) is 0 Å². The molecule has 2 aliphatic carbocycles. The molecule has 31 heavy (non-hydrogen) atoms. The van der Waals surface area contributed by atoms with Gasteiger partial charge in [0.25, 0.3) is 0 Å². The number of halogens is 3. The summed E-state index contributed by atoms with van der Waals surface area (Å²) in [5, 5.41) is 0. The van der Waals surface area contributed by atoms with Crippen LogP contribution in [0.15, 0.2) is 12.1 Å². The van der Waals surface area contributed by atoms with Crippen LogP contribution >= 0.6 is 0 Å². The summed E-state index contributed by atoms with van der Waals surface area (Å²) in [6.07, 6.45) is 22.4. The Morgan fingerprint density at radius 1 is 0.613 bits per heavy atom. The molecule has 0 radical (unpaired) electrons. The van der Waals surface area contributed by atoms with Gasteiger partial charge in [0.1, 0.15) is 0 Å². The second kappa shape index (κ2) is 12.9. The van der Waals surface area contributed by atoms with E-state index >= 15 is 0 Å². The molecule has 0 bridgehead atoms. The SMILES string of the molecule is CCCCCC[C@H]1CC[C@H](CC[C@H]2CC[C@H](CCc3cc(F)c(F)c(F)c3)CC2)CC1. The number of benzene rings is 1. The summed E-state index contributed by atoms with van der Waals surface area (Å²) in [6, 6.07) is 2.31. The maximum atomic E-state index is 13.4. The van der Waals surface area contributed by atoms with Crippen molar-refractivity contribution in [2.24, 2.45) is 23.7 Å². The van der Waals surface area contributed by atoms with Gasteiger partial charge in [-0.05, 0) is 54.2 Å². The second-order valence-corrected chi connectivity index (χ2v) is 10.6. The van der Waals surface area contributed by atoms with Crippen molar-refractivity contribution in [2.45, 2.75) is 116 Å². The van der Waals surface area contributed by atoms with E-state index in [-0.39, 0.29) is 0 Å². The Kier molecular flexibility index (Phi) is 10.3. The van der Waals surface area contributed by atoms with E-state index in [1.165, 1.54) is 96.3 Å². The standard InChI is InChI=1S/C28H43F3/c1-2-3-4-5-6-21-7-9-22(10-8-21)11-12-23-13-15-24(16-14-23)17-18-25-19-26(29)28(31)27(30)20-25/h19-24H,2-18H2,1H3/t21-,22-,23-,24-. The molecule has 3 rings (SSSR count). The average Bonchev–Trinajstić information content (AvgIpc) is 2.79. The Hall–Kier alpha value is -0.990. The smallest absolute Gasteiger partial charge is 0.194 e. The molecule has 176 valence electrons. The first kappa shape index (κ1) is 24.6. The Morgan fingerprint density at radius 2 is 1.06 bits per heavy atom. The number of aryl methyl sites for hydroxylation is 1. The predicted molar refractivity (Wildman–Crippen MR) is 124 cm³/mol. The normalized spacial score (nSPS) is 26.8. The fourth-order valence-corrected chi connectivity index (χ4v) is 6.07. The van der Waals surface area contributed by atoms with Gasteiger partial charge in [0.05, 0.1) is 0 Å². The minimum Gasteiger partial charge on any atom is -0.204 e. The van der Waals surface area contributed by atoms with E-state index in [1.807, 2.05) is 0 Å². The topological polar surface area (TPSA) is 0 Å². The molecule has 0 nitrogen and oxygen atoms in total. The van der Waals surface area contributed by atoms with Crippen molar-refractivity contribution >= 4 is 0 Å². The van der Waals surface area contributed by atoms with Crippen molar-refractivity contribution in [3.05, 3.63) is 35.1 Å². The molecule has 0 aliphatic heterocycles. The Balaban J connectivity index is 1.26. The van der Waals surface area contributed by atoms with Gasteiger partial charge >= 0.3 is 0 Å². The molecule has 0 saturated heterocycles. The zero-order valence-electron chi connectivity index (χ0n) is 19.6. The third-order valence-corrected chi connectivity index (χ3v) is 8.27. The molecule has 3 heteroatoms. The van der Waals surface area contributed by atoms with Crippen LogP contribution < -0.4 is 0 Å². The zero-order chi connectivity index (χ0) is 22.1. The van der Waals surface area contributed by atoms with Crippen LogP contribution in [-0.2, 0) is 6.42 Å². The van der Waals surface area contributed by atoms with Crippen LogP contribution in [0, 0.1) is 41.1 Å². The zero-order valence-corrected chi connectivity index (χ0v) is 19.6. The summed E-state index contributed by atoms with van der Waals surface area (Å²) in [4.78, 5) is 0. The van der Waals surface area contributed by atoms with Crippen molar-refractivity contribution in [2.75, 3.05) is 0 Å². The lowest BCUT2D eigenvalue weighted by Crippen LogP contribution is -2.18. The second-order valence-electron chi connectivity index (χ2n) is 10.6. The number of rotatable bonds is 11. The number of unbranched alkanes of at least 4 members (excludes halogenated alkanes) is 3. The molecule has 0 heterocycles. The highest BCUT2D eigenvalue weighted by Crippen LogP contribution is 2.38. The maximum absolute atomic E-state index is 13.4. The van der Waals surface area contributed by atoms with E-state index in [4.69, 9.17) is 0 Å². The molecule has 0 unspecified atom stereocenters. The predicted octanol–water partition coefficient (Wildman–Crippen LogP) is 9.40. The van der Waals surface area contributed by atoms with Crippen molar-refractivity contribution in [3.63, 3.8) is 0 Å². The molecule has 0 aromatic heterocycles. The van der Waals surface area contributed by atoms with Crippen LogP contribution in [0.4, 0.5) is 13.2 Å². The Labute approximate surface area is 188 Å². The van der Waals surface area contributed by atoms with Gasteiger partial charge in [-0.15, -0.1) is 0 Å². The van der Waals surface area contributed by atoms with Crippen LogP contribution in [0.1, 0.15) is 115 Å². The number of hydrogen-bond acceptors (Lipinski definition) is 0. The van der Waals surface area contributed by atoms with E-state index in [0.717, 1.165) is 36.3 Å². The van der Waals surface area contributed by atoms with Gasteiger partial charge in [-0.1, -0.05) is 103 Å². The summed E-state index contributed by atoms with van der Waals surface area (Å²) in [5.74, 6) is 0.0111. The molecule has 1 aromatic rings. The first-order chi connectivity index (χ1) is 15.0. The lowest BCUT2D eigenvalue weighted by atomic mass is 9.74. The highest BCUT2D eigenvalue weighted by Gasteiger charge is 2.25. The van der Waals surface area contributed by atoms with E-state index < -0.39 is 17.5 Å². The molecular formula is C28H43F3. The fraction of sp³-hybridized carbons (Fsp3) is 0.786. The minimum atomic E-state index is -1.36. The van der Waals surface area contributed by atoms with Crippen LogP contribution in [0.25, 0.3) is 0 Å². The molecule has 2 fully saturated rings. The maximum Gasteiger partial charge on any atom is 0.194 e. The molecule has 2 saturated carbocycles. The molecule has 0 amide bonds. The van der Waals surface area contributed by atoms with E-state index in [2.05, 4.69) is 6.92 Å². The van der Waals surface area contributed by atoms with Crippen LogP contribution in [0.5, 0.6) is 0 Å². The molecule has 0 spiro atoms. The Bertz CT molecular complexity index is 617. The van der Waals surface area contributed by atoms with Crippen molar-refractivity contribution < 1.29 is 13.2 Å². The average molecular weight is 437 g/mol. The van der Waals surface area contributed by atoms with E-state index in [1.54, 1.807) is 0 Å². The van der Waals surface area contributed by atoms with E-state index in [0.29, 0.717) is 17.9 Å². The molecule has 2 aliphatic rings. The molecular weight excluding hydrogens is 393 g/mol. The van der Waals surface area contributed by atoms with Gasteiger partial charge in [0, 0.05) is 0 Å². The van der Waals surface area contributed by atoms with Gasteiger partial charge in [-0.2, -0.15) is 0 Å². The lowest BCUT2D eigenvalue weighted by Gasteiger charge is -2.32. The summed E-state index contributed by atoms with van der Waals surface area (Å²) in [7, 11) is 0. The summed E-state index contributed by atoms with van der Waals surface area (Å²) < 4.78 is 39.9. The Morgan fingerprint density at radius 3 is 1.55 bits per heavy atom. The first-order valence-corrected chi connectivity index (χ1v) is 13.2. The summed E-state index contributed by atoms with van der Waals surface area (Å²) in [6.45, 7) is 2.29. The third kappa shape index (κ3) is 8.13. The largest absolute Gasteiger partial charge is 0.204 e.